The molecular formula is C12H17N. The van der Waals surface area contributed by atoms with Crippen LogP contribution < -0.4 is 5.73 Å². The van der Waals surface area contributed by atoms with E-state index in [1.165, 1.54) is 36.0 Å². The highest BCUT2D eigenvalue weighted by molar-refractivity contribution is 5.39. The van der Waals surface area contributed by atoms with Gasteiger partial charge < -0.3 is 5.73 Å². The summed E-state index contributed by atoms with van der Waals surface area (Å²) in [5.41, 5.74) is 10.3. The van der Waals surface area contributed by atoms with Gasteiger partial charge in [-0.15, -0.1) is 0 Å². The Kier molecular flexibility index (Phi) is 2.36. The predicted molar refractivity (Wildman–Crippen MR) is 55.9 cm³/mol. The molecule has 1 atom stereocenters. The summed E-state index contributed by atoms with van der Waals surface area (Å²) in [6.07, 6.45) is 3.82. The maximum absolute atomic E-state index is 5.79. The van der Waals surface area contributed by atoms with E-state index < -0.39 is 0 Å². The van der Waals surface area contributed by atoms with Crippen molar-refractivity contribution in [2.75, 3.05) is 6.54 Å². The number of nitrogens with two attached hydrogens (primary N) is 1. The molecule has 0 amide bonds. The molecule has 1 nitrogen and oxygen atoms in total. The van der Waals surface area contributed by atoms with E-state index in [0.29, 0.717) is 5.92 Å². The van der Waals surface area contributed by atoms with E-state index in [9.17, 15) is 0 Å². The zero-order valence-corrected chi connectivity index (χ0v) is 8.22. The zero-order chi connectivity index (χ0) is 9.26. The van der Waals surface area contributed by atoms with E-state index in [0.717, 1.165) is 6.54 Å². The van der Waals surface area contributed by atoms with E-state index >= 15 is 0 Å². The molecule has 0 bridgehead atoms. The van der Waals surface area contributed by atoms with Crippen molar-refractivity contribution in [3.8, 4) is 0 Å². The van der Waals surface area contributed by atoms with Gasteiger partial charge >= 0.3 is 0 Å². The first-order valence-electron chi connectivity index (χ1n) is 5.11. The largest absolute Gasteiger partial charge is 0.330 e. The molecule has 1 aliphatic carbocycles. The molecule has 2 rings (SSSR count). The molecule has 13 heavy (non-hydrogen) atoms. The fourth-order valence-electron chi connectivity index (χ4n) is 2.46. The lowest BCUT2D eigenvalue weighted by Gasteiger charge is -2.26. The normalized spacial score (nSPS) is 21.2. The van der Waals surface area contributed by atoms with Crippen LogP contribution >= 0.6 is 0 Å². The molecule has 1 heteroatoms. The van der Waals surface area contributed by atoms with E-state index in [1.54, 1.807) is 0 Å². The molecule has 0 radical (unpaired) electrons. The Bertz CT molecular complexity index is 304. The van der Waals surface area contributed by atoms with Crippen LogP contribution in [0.4, 0.5) is 0 Å². The van der Waals surface area contributed by atoms with Gasteiger partial charge in [-0.1, -0.05) is 18.2 Å². The second kappa shape index (κ2) is 3.51. The Hall–Kier alpha value is -0.820. The Labute approximate surface area is 80.0 Å². The van der Waals surface area contributed by atoms with Crippen LogP contribution in [0.25, 0.3) is 0 Å². The molecule has 2 N–H and O–H groups in total. The number of benzene rings is 1. The van der Waals surface area contributed by atoms with Crippen LogP contribution in [0.1, 0.15) is 35.4 Å². The van der Waals surface area contributed by atoms with E-state index in [-0.39, 0.29) is 0 Å². The molecule has 0 saturated carbocycles. The quantitative estimate of drug-likeness (QED) is 0.696. The van der Waals surface area contributed by atoms with Crippen LogP contribution in [-0.2, 0) is 6.42 Å². The first-order valence-corrected chi connectivity index (χ1v) is 5.11. The Morgan fingerprint density at radius 1 is 1.46 bits per heavy atom. The van der Waals surface area contributed by atoms with Gasteiger partial charge in [-0.25, -0.2) is 0 Å². The van der Waals surface area contributed by atoms with Crippen LogP contribution in [0.5, 0.6) is 0 Å². The Morgan fingerprint density at radius 3 is 3.08 bits per heavy atom. The second-order valence-electron chi connectivity index (χ2n) is 3.97. The maximum Gasteiger partial charge on any atom is -0.000803 e. The number of hydrogen-bond acceptors (Lipinski definition) is 1. The number of hydrogen-bond donors (Lipinski definition) is 1. The molecule has 0 aromatic heterocycles. The minimum atomic E-state index is 0.616. The molecule has 1 aromatic rings. The summed E-state index contributed by atoms with van der Waals surface area (Å²) in [6.45, 7) is 3.00. The summed E-state index contributed by atoms with van der Waals surface area (Å²) in [6, 6.07) is 6.62. The lowest BCUT2D eigenvalue weighted by Crippen LogP contribution is -2.19. The first kappa shape index (κ1) is 8.76. The van der Waals surface area contributed by atoms with Gasteiger partial charge in [0.25, 0.3) is 0 Å². The van der Waals surface area contributed by atoms with Gasteiger partial charge in [-0.2, -0.15) is 0 Å². The molecule has 1 aromatic carbocycles. The van der Waals surface area contributed by atoms with Crippen molar-refractivity contribution in [1.82, 2.24) is 0 Å². The lowest BCUT2D eigenvalue weighted by molar-refractivity contribution is 0.558. The van der Waals surface area contributed by atoms with Crippen molar-refractivity contribution >= 4 is 0 Å². The first-order chi connectivity index (χ1) is 6.33. The molecule has 0 spiro atoms. The summed E-state index contributed by atoms with van der Waals surface area (Å²) in [5.74, 6) is 0.616. The minimum absolute atomic E-state index is 0.616. The molecule has 0 fully saturated rings. The van der Waals surface area contributed by atoms with E-state index in [2.05, 4.69) is 25.1 Å². The average Bonchev–Trinajstić information content (AvgIpc) is 2.17. The zero-order valence-electron chi connectivity index (χ0n) is 8.22. The van der Waals surface area contributed by atoms with Gasteiger partial charge in [-0.05, 0) is 55.3 Å². The summed E-state index contributed by atoms with van der Waals surface area (Å²) >= 11 is 0. The fourth-order valence-corrected chi connectivity index (χ4v) is 2.46. The van der Waals surface area contributed by atoms with E-state index in [1.807, 2.05) is 0 Å². The molecule has 1 unspecified atom stereocenters. The van der Waals surface area contributed by atoms with Gasteiger partial charge in [0.05, 0.1) is 0 Å². The van der Waals surface area contributed by atoms with Crippen molar-refractivity contribution in [2.45, 2.75) is 32.1 Å². The Balaban J connectivity index is 2.47. The fraction of sp³-hybridized carbons (Fsp3) is 0.500. The molecule has 1 aliphatic rings. The Morgan fingerprint density at radius 2 is 2.31 bits per heavy atom. The van der Waals surface area contributed by atoms with Crippen molar-refractivity contribution in [2.24, 2.45) is 5.73 Å². The summed E-state index contributed by atoms with van der Waals surface area (Å²) in [5, 5.41) is 0. The second-order valence-corrected chi connectivity index (χ2v) is 3.97. The standard InChI is InChI=1S/C12H17N/c1-9-4-2-5-10-6-3-7-11(8-13)12(9)10/h2,4-5,11H,3,6-8,13H2,1H3. The third kappa shape index (κ3) is 1.49. The van der Waals surface area contributed by atoms with Crippen molar-refractivity contribution in [3.05, 3.63) is 34.9 Å². The summed E-state index contributed by atoms with van der Waals surface area (Å²) < 4.78 is 0. The monoisotopic (exact) mass is 175 g/mol. The van der Waals surface area contributed by atoms with Gasteiger partial charge in [0.15, 0.2) is 0 Å². The van der Waals surface area contributed by atoms with Crippen LogP contribution in [0.2, 0.25) is 0 Å². The average molecular weight is 175 g/mol. The highest BCUT2D eigenvalue weighted by Crippen LogP contribution is 2.32. The molecule has 0 aliphatic heterocycles. The highest BCUT2D eigenvalue weighted by Gasteiger charge is 2.19. The summed E-state index contributed by atoms with van der Waals surface area (Å²) in [4.78, 5) is 0. The van der Waals surface area contributed by atoms with Gasteiger partial charge in [0.1, 0.15) is 0 Å². The van der Waals surface area contributed by atoms with Crippen LogP contribution in [0.15, 0.2) is 18.2 Å². The highest BCUT2D eigenvalue weighted by atomic mass is 14.6. The topological polar surface area (TPSA) is 26.0 Å². The third-order valence-corrected chi connectivity index (χ3v) is 3.11. The van der Waals surface area contributed by atoms with Crippen molar-refractivity contribution < 1.29 is 0 Å². The van der Waals surface area contributed by atoms with Crippen molar-refractivity contribution in [3.63, 3.8) is 0 Å². The molecule has 0 heterocycles. The molecule has 70 valence electrons. The van der Waals surface area contributed by atoms with Crippen LogP contribution in [0.3, 0.4) is 0 Å². The minimum Gasteiger partial charge on any atom is -0.330 e. The van der Waals surface area contributed by atoms with Gasteiger partial charge in [0.2, 0.25) is 0 Å². The predicted octanol–water partition coefficient (Wildman–Crippen LogP) is 2.37. The molecule has 0 saturated heterocycles. The lowest BCUT2D eigenvalue weighted by atomic mass is 9.80. The van der Waals surface area contributed by atoms with Gasteiger partial charge in [0, 0.05) is 0 Å². The van der Waals surface area contributed by atoms with Crippen LogP contribution in [-0.4, -0.2) is 6.54 Å². The van der Waals surface area contributed by atoms with Gasteiger partial charge in [-0.3, -0.25) is 0 Å². The van der Waals surface area contributed by atoms with E-state index in [4.69, 9.17) is 5.73 Å². The number of aryl methyl sites for hydroxylation is 2. The summed E-state index contributed by atoms with van der Waals surface area (Å²) in [7, 11) is 0. The SMILES string of the molecule is Cc1cccc2c1C(CN)CCC2. The third-order valence-electron chi connectivity index (χ3n) is 3.11. The number of rotatable bonds is 1. The maximum atomic E-state index is 5.79. The molecular weight excluding hydrogens is 158 g/mol. The van der Waals surface area contributed by atoms with Crippen LogP contribution in [0, 0.1) is 6.92 Å². The smallest absolute Gasteiger partial charge is 0.000803 e. The number of fused-ring (bicyclic) bond motifs is 1. The van der Waals surface area contributed by atoms with Crippen molar-refractivity contribution in [1.29, 1.82) is 0 Å².